The molecule has 0 spiro atoms. The van der Waals surface area contributed by atoms with Gasteiger partial charge in [-0.1, -0.05) is 12.8 Å². The molecule has 3 aromatic rings. The van der Waals surface area contributed by atoms with Gasteiger partial charge in [0, 0.05) is 43.8 Å². The SMILES string of the molecule is O=C(O)N1CCC[C@H](CNc2nc(-c3cnn(C4CCCC4)c3)cc3nccnc23)C1. The molecule has 0 aromatic carbocycles. The average molecular weight is 422 g/mol. The standard InChI is InChI=1S/C22H27N7O2/c30-22(31)28-9-3-4-15(13-28)11-25-21-20-19(23-7-8-24-20)10-18(27-21)16-12-26-29(14-16)17-5-1-2-6-17/h7-8,10,12,14-15,17H,1-6,9,11,13H2,(H,25,27)(H,30,31)/t15-/m1/s1. The van der Waals surface area contributed by atoms with E-state index < -0.39 is 6.09 Å². The van der Waals surface area contributed by atoms with Gasteiger partial charge < -0.3 is 15.3 Å². The highest BCUT2D eigenvalue weighted by Crippen LogP contribution is 2.31. The van der Waals surface area contributed by atoms with E-state index in [0.29, 0.717) is 31.5 Å². The van der Waals surface area contributed by atoms with Crippen LogP contribution >= 0.6 is 0 Å². The Balaban J connectivity index is 1.39. The van der Waals surface area contributed by atoms with Crippen LogP contribution in [0.3, 0.4) is 0 Å². The Labute approximate surface area is 180 Å². The number of carbonyl (C=O) groups is 1. The van der Waals surface area contributed by atoms with E-state index in [1.165, 1.54) is 30.6 Å². The van der Waals surface area contributed by atoms with Crippen LogP contribution in [0.4, 0.5) is 10.6 Å². The van der Waals surface area contributed by atoms with E-state index in [1.807, 2.05) is 12.3 Å². The van der Waals surface area contributed by atoms with E-state index in [-0.39, 0.29) is 5.92 Å². The van der Waals surface area contributed by atoms with Gasteiger partial charge in [-0.25, -0.2) is 14.8 Å². The van der Waals surface area contributed by atoms with Gasteiger partial charge in [0.15, 0.2) is 5.82 Å². The predicted molar refractivity (Wildman–Crippen MR) is 117 cm³/mol. The Morgan fingerprint density at radius 3 is 2.84 bits per heavy atom. The second-order valence-electron chi connectivity index (χ2n) is 8.55. The number of carboxylic acid groups (broad SMARTS) is 1. The highest BCUT2D eigenvalue weighted by molar-refractivity contribution is 5.88. The van der Waals surface area contributed by atoms with Gasteiger partial charge in [-0.05, 0) is 37.7 Å². The third-order valence-electron chi connectivity index (χ3n) is 6.40. The lowest BCUT2D eigenvalue weighted by atomic mass is 9.98. The molecule has 2 N–H and O–H groups in total. The van der Waals surface area contributed by atoms with Crippen molar-refractivity contribution < 1.29 is 9.90 Å². The fraction of sp³-hybridized carbons (Fsp3) is 0.500. The molecule has 0 radical (unpaired) electrons. The van der Waals surface area contributed by atoms with E-state index in [9.17, 15) is 9.90 Å². The van der Waals surface area contributed by atoms with Crippen LogP contribution in [0.1, 0.15) is 44.6 Å². The first kappa shape index (κ1) is 19.7. The topological polar surface area (TPSA) is 109 Å². The second-order valence-corrected chi connectivity index (χ2v) is 8.55. The lowest BCUT2D eigenvalue weighted by Crippen LogP contribution is -2.41. The van der Waals surface area contributed by atoms with Crippen molar-refractivity contribution in [1.29, 1.82) is 0 Å². The number of fused-ring (bicyclic) bond motifs is 1. The van der Waals surface area contributed by atoms with Crippen molar-refractivity contribution in [2.75, 3.05) is 25.0 Å². The molecule has 31 heavy (non-hydrogen) atoms. The van der Waals surface area contributed by atoms with Crippen molar-refractivity contribution in [3.8, 4) is 11.3 Å². The summed E-state index contributed by atoms with van der Waals surface area (Å²) in [5.41, 5.74) is 3.28. The van der Waals surface area contributed by atoms with Gasteiger partial charge >= 0.3 is 6.09 Å². The fourth-order valence-electron chi connectivity index (χ4n) is 4.73. The summed E-state index contributed by atoms with van der Waals surface area (Å²) in [4.78, 5) is 26.6. The van der Waals surface area contributed by atoms with Crippen molar-refractivity contribution >= 4 is 22.9 Å². The maximum absolute atomic E-state index is 11.3. The van der Waals surface area contributed by atoms with Crippen LogP contribution in [0.2, 0.25) is 0 Å². The third kappa shape index (κ3) is 4.17. The first-order valence-electron chi connectivity index (χ1n) is 11.1. The van der Waals surface area contributed by atoms with Gasteiger partial charge in [-0.3, -0.25) is 9.67 Å². The highest BCUT2D eigenvalue weighted by Gasteiger charge is 2.24. The summed E-state index contributed by atoms with van der Waals surface area (Å²) in [6, 6.07) is 2.44. The summed E-state index contributed by atoms with van der Waals surface area (Å²) in [6.45, 7) is 1.80. The summed E-state index contributed by atoms with van der Waals surface area (Å²) in [5.74, 6) is 0.925. The number of pyridine rings is 1. The molecule has 2 fully saturated rings. The van der Waals surface area contributed by atoms with Gasteiger partial charge in [0.2, 0.25) is 0 Å². The van der Waals surface area contributed by atoms with Crippen LogP contribution in [-0.2, 0) is 0 Å². The maximum Gasteiger partial charge on any atom is 0.407 e. The van der Waals surface area contributed by atoms with E-state index in [1.54, 1.807) is 12.4 Å². The number of nitrogens with zero attached hydrogens (tertiary/aromatic N) is 6. The van der Waals surface area contributed by atoms with Gasteiger partial charge in [-0.15, -0.1) is 0 Å². The average Bonchev–Trinajstić information content (AvgIpc) is 3.49. The lowest BCUT2D eigenvalue weighted by molar-refractivity contribution is 0.122. The zero-order valence-electron chi connectivity index (χ0n) is 17.4. The van der Waals surface area contributed by atoms with Gasteiger partial charge in [0.1, 0.15) is 5.52 Å². The Kier molecular flexibility index (Phi) is 5.40. The van der Waals surface area contributed by atoms with Crippen molar-refractivity contribution in [2.24, 2.45) is 5.92 Å². The van der Waals surface area contributed by atoms with Crippen LogP contribution in [0.5, 0.6) is 0 Å². The van der Waals surface area contributed by atoms with Crippen LogP contribution in [0.25, 0.3) is 22.3 Å². The van der Waals surface area contributed by atoms with E-state index in [0.717, 1.165) is 35.1 Å². The minimum absolute atomic E-state index is 0.243. The molecule has 5 rings (SSSR count). The third-order valence-corrected chi connectivity index (χ3v) is 6.40. The first-order valence-corrected chi connectivity index (χ1v) is 11.1. The van der Waals surface area contributed by atoms with Crippen LogP contribution in [-0.4, -0.2) is 60.5 Å². The minimum Gasteiger partial charge on any atom is -0.465 e. The number of aromatic nitrogens is 5. The Morgan fingerprint density at radius 2 is 2.00 bits per heavy atom. The molecule has 1 aliphatic heterocycles. The number of amides is 1. The summed E-state index contributed by atoms with van der Waals surface area (Å²) >= 11 is 0. The second kappa shape index (κ2) is 8.49. The zero-order valence-corrected chi connectivity index (χ0v) is 17.4. The van der Waals surface area contributed by atoms with Crippen LogP contribution < -0.4 is 5.32 Å². The Hall–Kier alpha value is -3.23. The monoisotopic (exact) mass is 421 g/mol. The maximum atomic E-state index is 11.3. The predicted octanol–water partition coefficient (Wildman–Crippen LogP) is 3.81. The molecule has 162 valence electrons. The molecule has 2 aliphatic rings. The minimum atomic E-state index is -0.847. The van der Waals surface area contributed by atoms with Crippen LogP contribution in [0.15, 0.2) is 30.9 Å². The fourth-order valence-corrected chi connectivity index (χ4v) is 4.73. The van der Waals surface area contributed by atoms with E-state index in [4.69, 9.17) is 4.98 Å². The largest absolute Gasteiger partial charge is 0.465 e. The molecular weight excluding hydrogens is 394 g/mol. The van der Waals surface area contributed by atoms with Gasteiger partial charge in [-0.2, -0.15) is 5.10 Å². The number of hydrogen-bond donors (Lipinski definition) is 2. The molecule has 3 aromatic heterocycles. The van der Waals surface area contributed by atoms with Crippen molar-refractivity contribution in [3.63, 3.8) is 0 Å². The first-order chi connectivity index (χ1) is 15.2. The van der Waals surface area contributed by atoms with Gasteiger partial charge in [0.05, 0.1) is 23.4 Å². The van der Waals surface area contributed by atoms with Crippen molar-refractivity contribution in [2.45, 2.75) is 44.6 Å². The molecular formula is C22H27N7O2. The number of nitrogens with one attached hydrogen (secondary N) is 1. The summed E-state index contributed by atoms with van der Waals surface area (Å²) in [7, 11) is 0. The van der Waals surface area contributed by atoms with Crippen LogP contribution in [0, 0.1) is 5.92 Å². The smallest absolute Gasteiger partial charge is 0.407 e. The number of hydrogen-bond acceptors (Lipinski definition) is 6. The van der Waals surface area contributed by atoms with Crippen molar-refractivity contribution in [3.05, 3.63) is 30.9 Å². The Morgan fingerprint density at radius 1 is 1.16 bits per heavy atom. The molecule has 0 unspecified atom stereocenters. The number of rotatable bonds is 5. The quantitative estimate of drug-likeness (QED) is 0.645. The lowest BCUT2D eigenvalue weighted by Gasteiger charge is -2.30. The van der Waals surface area contributed by atoms with Crippen molar-refractivity contribution in [1.82, 2.24) is 29.6 Å². The zero-order chi connectivity index (χ0) is 21.2. The molecule has 1 saturated heterocycles. The number of anilines is 1. The number of likely N-dealkylation sites (tertiary alicyclic amines) is 1. The summed E-state index contributed by atoms with van der Waals surface area (Å²) in [6.07, 6.45) is 13.2. The molecule has 4 heterocycles. The van der Waals surface area contributed by atoms with E-state index in [2.05, 4.69) is 31.3 Å². The Bertz CT molecular complexity index is 1080. The normalized spacial score (nSPS) is 19.7. The molecule has 1 aliphatic carbocycles. The molecule has 1 saturated carbocycles. The highest BCUT2D eigenvalue weighted by atomic mass is 16.4. The molecule has 1 amide bonds. The molecule has 9 heteroatoms. The number of piperidine rings is 1. The summed E-state index contributed by atoms with van der Waals surface area (Å²) in [5, 5.41) is 17.3. The molecule has 1 atom stereocenters. The van der Waals surface area contributed by atoms with Gasteiger partial charge in [0.25, 0.3) is 0 Å². The molecule has 0 bridgehead atoms. The summed E-state index contributed by atoms with van der Waals surface area (Å²) < 4.78 is 2.07. The molecule has 9 nitrogen and oxygen atoms in total. The van der Waals surface area contributed by atoms with E-state index >= 15 is 0 Å².